The van der Waals surface area contributed by atoms with Crippen molar-refractivity contribution in [1.29, 1.82) is 0 Å². The van der Waals surface area contributed by atoms with Crippen LogP contribution in [0.1, 0.15) is 54.6 Å². The van der Waals surface area contributed by atoms with Crippen LogP contribution in [0.3, 0.4) is 0 Å². The van der Waals surface area contributed by atoms with E-state index in [2.05, 4.69) is 12.2 Å². The Bertz CT molecular complexity index is 530. The molecule has 5 heteroatoms. The molecule has 0 saturated carbocycles. The Labute approximate surface area is 131 Å². The molecule has 0 aromatic heterocycles. The Balaban J connectivity index is 2.06. The van der Waals surface area contributed by atoms with Crippen LogP contribution >= 0.6 is 0 Å². The van der Waals surface area contributed by atoms with Gasteiger partial charge in [0.2, 0.25) is 5.91 Å². The van der Waals surface area contributed by atoms with Crippen LogP contribution in [0.2, 0.25) is 0 Å². The van der Waals surface area contributed by atoms with E-state index in [4.69, 9.17) is 0 Å². The molecule has 0 aliphatic carbocycles. The number of benzene rings is 1. The zero-order chi connectivity index (χ0) is 15.9. The van der Waals surface area contributed by atoms with E-state index < -0.39 is 6.04 Å². The second kappa shape index (κ2) is 7.94. The van der Waals surface area contributed by atoms with E-state index in [1.54, 1.807) is 17.0 Å². The van der Waals surface area contributed by atoms with Crippen LogP contribution in [0.25, 0.3) is 0 Å². The van der Waals surface area contributed by atoms with E-state index in [1.165, 1.54) is 0 Å². The lowest BCUT2D eigenvalue weighted by Crippen LogP contribution is -2.41. The van der Waals surface area contributed by atoms with E-state index in [1.807, 2.05) is 12.1 Å². The SMILES string of the molecule is CCCCCCN(CCO)C(=O)C1NC(=O)c2ccccc21. The minimum absolute atomic E-state index is 0.0676. The van der Waals surface area contributed by atoms with Crippen LogP contribution in [0.15, 0.2) is 24.3 Å². The summed E-state index contributed by atoms with van der Waals surface area (Å²) in [5.41, 5.74) is 1.30. The van der Waals surface area contributed by atoms with Crippen LogP contribution < -0.4 is 5.32 Å². The lowest BCUT2D eigenvalue weighted by atomic mass is 10.0. The highest BCUT2D eigenvalue weighted by molar-refractivity contribution is 6.04. The Morgan fingerprint density at radius 1 is 1.23 bits per heavy atom. The van der Waals surface area contributed by atoms with Crippen molar-refractivity contribution < 1.29 is 14.7 Å². The molecule has 120 valence electrons. The van der Waals surface area contributed by atoms with Crippen molar-refractivity contribution in [2.24, 2.45) is 0 Å². The minimum Gasteiger partial charge on any atom is -0.395 e. The summed E-state index contributed by atoms with van der Waals surface area (Å²) in [6.07, 6.45) is 4.27. The van der Waals surface area contributed by atoms with Gasteiger partial charge in [-0.05, 0) is 18.1 Å². The highest BCUT2D eigenvalue weighted by atomic mass is 16.3. The number of aliphatic hydroxyl groups is 1. The lowest BCUT2D eigenvalue weighted by molar-refractivity contribution is -0.133. The van der Waals surface area contributed by atoms with Crippen molar-refractivity contribution in [3.05, 3.63) is 35.4 Å². The fourth-order valence-electron chi connectivity index (χ4n) is 2.80. The molecule has 1 aromatic carbocycles. The summed E-state index contributed by atoms with van der Waals surface area (Å²) in [4.78, 5) is 26.3. The van der Waals surface area contributed by atoms with Gasteiger partial charge in [-0.25, -0.2) is 0 Å². The standard InChI is InChI=1S/C17H24N2O3/c1-2-3-4-7-10-19(11-12-20)17(22)15-13-8-5-6-9-14(13)16(21)18-15/h5-6,8-9,15,20H,2-4,7,10-12H2,1H3,(H,18,21). The van der Waals surface area contributed by atoms with Crippen molar-refractivity contribution in [3.63, 3.8) is 0 Å². The maximum atomic E-state index is 12.7. The number of unbranched alkanes of at least 4 members (excludes halogenated alkanes) is 3. The van der Waals surface area contributed by atoms with Crippen LogP contribution in [0, 0.1) is 0 Å². The Hall–Kier alpha value is -1.88. The minimum atomic E-state index is -0.624. The summed E-state index contributed by atoms with van der Waals surface area (Å²) < 4.78 is 0. The first-order valence-corrected chi connectivity index (χ1v) is 7.98. The molecule has 2 rings (SSSR count). The summed E-state index contributed by atoms with van der Waals surface area (Å²) in [6.45, 7) is 3.00. The zero-order valence-corrected chi connectivity index (χ0v) is 13.0. The predicted octanol–water partition coefficient (Wildman–Crippen LogP) is 1.87. The van der Waals surface area contributed by atoms with E-state index in [0.717, 1.165) is 31.2 Å². The van der Waals surface area contributed by atoms with E-state index in [-0.39, 0.29) is 18.4 Å². The Morgan fingerprint density at radius 3 is 2.73 bits per heavy atom. The van der Waals surface area contributed by atoms with Crippen molar-refractivity contribution in [2.45, 2.75) is 38.6 Å². The smallest absolute Gasteiger partial charge is 0.252 e. The largest absolute Gasteiger partial charge is 0.395 e. The van der Waals surface area contributed by atoms with E-state index >= 15 is 0 Å². The molecule has 1 aliphatic rings. The van der Waals surface area contributed by atoms with Crippen molar-refractivity contribution in [1.82, 2.24) is 10.2 Å². The average Bonchev–Trinajstić information content (AvgIpc) is 2.87. The monoisotopic (exact) mass is 304 g/mol. The maximum absolute atomic E-state index is 12.7. The topological polar surface area (TPSA) is 69.6 Å². The Kier molecular flexibility index (Phi) is 5.95. The van der Waals surface area contributed by atoms with Gasteiger partial charge in [-0.15, -0.1) is 0 Å². The molecule has 2 amide bonds. The molecule has 0 fully saturated rings. The number of carbonyl (C=O) groups excluding carboxylic acids is 2. The quantitative estimate of drug-likeness (QED) is 0.720. The fraction of sp³-hybridized carbons (Fsp3) is 0.529. The number of fused-ring (bicyclic) bond motifs is 1. The van der Waals surface area contributed by atoms with Gasteiger partial charge in [0.1, 0.15) is 6.04 Å². The molecular formula is C17H24N2O3. The second-order valence-electron chi connectivity index (χ2n) is 5.60. The normalized spacial score (nSPS) is 16.3. The van der Waals surface area contributed by atoms with Gasteiger partial charge in [0, 0.05) is 18.7 Å². The summed E-state index contributed by atoms with van der Waals surface area (Å²) in [7, 11) is 0. The third-order valence-electron chi connectivity index (χ3n) is 4.00. The van der Waals surface area contributed by atoms with Gasteiger partial charge in [-0.2, -0.15) is 0 Å². The third-order valence-corrected chi connectivity index (χ3v) is 4.00. The molecule has 22 heavy (non-hydrogen) atoms. The highest BCUT2D eigenvalue weighted by Gasteiger charge is 2.35. The lowest BCUT2D eigenvalue weighted by Gasteiger charge is -2.25. The molecular weight excluding hydrogens is 280 g/mol. The summed E-state index contributed by atoms with van der Waals surface area (Å²) >= 11 is 0. The van der Waals surface area contributed by atoms with Gasteiger partial charge in [-0.1, -0.05) is 44.4 Å². The van der Waals surface area contributed by atoms with E-state index in [9.17, 15) is 14.7 Å². The number of hydrogen-bond donors (Lipinski definition) is 2. The summed E-state index contributed by atoms with van der Waals surface area (Å²) in [5.74, 6) is -0.340. The molecule has 0 saturated heterocycles. The molecule has 0 bridgehead atoms. The van der Waals surface area contributed by atoms with Gasteiger partial charge in [-0.3, -0.25) is 9.59 Å². The molecule has 1 heterocycles. The number of aliphatic hydroxyl groups excluding tert-OH is 1. The highest BCUT2D eigenvalue weighted by Crippen LogP contribution is 2.26. The molecule has 1 atom stereocenters. The van der Waals surface area contributed by atoms with E-state index in [0.29, 0.717) is 18.7 Å². The first-order valence-electron chi connectivity index (χ1n) is 7.98. The zero-order valence-electron chi connectivity index (χ0n) is 13.0. The number of carbonyl (C=O) groups is 2. The number of nitrogens with one attached hydrogen (secondary N) is 1. The Morgan fingerprint density at radius 2 is 2.00 bits per heavy atom. The van der Waals surface area contributed by atoms with Gasteiger partial charge in [0.05, 0.1) is 6.61 Å². The molecule has 0 radical (unpaired) electrons. The average molecular weight is 304 g/mol. The maximum Gasteiger partial charge on any atom is 0.252 e. The molecule has 0 spiro atoms. The summed E-state index contributed by atoms with van der Waals surface area (Å²) in [5, 5.41) is 11.9. The summed E-state index contributed by atoms with van der Waals surface area (Å²) in [6, 6.07) is 6.54. The van der Waals surface area contributed by atoms with Gasteiger partial charge in [0.15, 0.2) is 0 Å². The molecule has 2 N–H and O–H groups in total. The van der Waals surface area contributed by atoms with Gasteiger partial charge in [0.25, 0.3) is 5.91 Å². The molecule has 1 aromatic rings. The van der Waals surface area contributed by atoms with Crippen LogP contribution in [-0.4, -0.2) is 41.5 Å². The number of hydrogen-bond acceptors (Lipinski definition) is 3. The van der Waals surface area contributed by atoms with Crippen molar-refractivity contribution in [3.8, 4) is 0 Å². The molecule has 5 nitrogen and oxygen atoms in total. The van der Waals surface area contributed by atoms with Gasteiger partial charge < -0.3 is 15.3 Å². The number of nitrogens with zero attached hydrogens (tertiary/aromatic N) is 1. The van der Waals surface area contributed by atoms with Crippen LogP contribution in [-0.2, 0) is 4.79 Å². The number of amides is 2. The first-order chi connectivity index (χ1) is 10.7. The molecule has 1 aliphatic heterocycles. The number of rotatable bonds is 8. The first kappa shape index (κ1) is 16.5. The second-order valence-corrected chi connectivity index (χ2v) is 5.60. The van der Waals surface area contributed by atoms with Gasteiger partial charge >= 0.3 is 0 Å². The van der Waals surface area contributed by atoms with Crippen molar-refractivity contribution in [2.75, 3.05) is 19.7 Å². The van der Waals surface area contributed by atoms with Crippen LogP contribution in [0.4, 0.5) is 0 Å². The van der Waals surface area contributed by atoms with Crippen LogP contribution in [0.5, 0.6) is 0 Å². The third kappa shape index (κ3) is 3.65. The van der Waals surface area contributed by atoms with Crippen molar-refractivity contribution >= 4 is 11.8 Å². The fourth-order valence-corrected chi connectivity index (χ4v) is 2.80. The molecule has 1 unspecified atom stereocenters. The predicted molar refractivity (Wildman–Crippen MR) is 84.5 cm³/mol.